The Kier molecular flexibility index (Phi) is 11.1. The van der Waals surface area contributed by atoms with Crippen molar-refractivity contribution in [3.05, 3.63) is 0 Å². The molecule has 146 valence electrons. The fourth-order valence-corrected chi connectivity index (χ4v) is 2.44. The Balaban J connectivity index is 3.96. The molecule has 2 amide bonds. The molecular formula is C19H36N2O4. The molecule has 0 unspecified atom stereocenters. The summed E-state index contributed by atoms with van der Waals surface area (Å²) in [5.41, 5.74) is 0.361. The van der Waals surface area contributed by atoms with Gasteiger partial charge in [-0.15, -0.1) is 0 Å². The van der Waals surface area contributed by atoms with Gasteiger partial charge in [0.1, 0.15) is 6.04 Å². The first-order chi connectivity index (χ1) is 11.5. The van der Waals surface area contributed by atoms with Crippen molar-refractivity contribution >= 4 is 17.8 Å². The van der Waals surface area contributed by atoms with Crippen molar-refractivity contribution < 1.29 is 19.5 Å². The molecule has 0 radical (unpaired) electrons. The molecule has 0 aromatic carbocycles. The minimum absolute atomic E-state index is 0.140. The molecule has 0 aliphatic rings. The summed E-state index contributed by atoms with van der Waals surface area (Å²) in [4.78, 5) is 34.7. The van der Waals surface area contributed by atoms with E-state index in [0.717, 1.165) is 19.3 Å². The molecule has 0 aromatic rings. The summed E-state index contributed by atoms with van der Waals surface area (Å²) in [5.74, 6) is -1.73. The number of unbranched alkanes of at least 4 members (excludes halogenated alkanes) is 3. The second-order valence-corrected chi connectivity index (χ2v) is 8.34. The van der Waals surface area contributed by atoms with Crippen LogP contribution in [-0.4, -0.2) is 35.5 Å². The van der Waals surface area contributed by atoms with E-state index in [9.17, 15) is 14.4 Å². The maximum Gasteiger partial charge on any atom is 0.326 e. The van der Waals surface area contributed by atoms with Crippen LogP contribution in [0.3, 0.4) is 0 Å². The van der Waals surface area contributed by atoms with Gasteiger partial charge in [-0.25, -0.2) is 4.79 Å². The van der Waals surface area contributed by atoms with E-state index >= 15 is 0 Å². The Morgan fingerprint density at radius 1 is 0.920 bits per heavy atom. The van der Waals surface area contributed by atoms with Gasteiger partial charge in [0.05, 0.1) is 6.42 Å². The molecule has 0 fully saturated rings. The summed E-state index contributed by atoms with van der Waals surface area (Å²) in [6.07, 6.45) is 5.45. The van der Waals surface area contributed by atoms with Gasteiger partial charge < -0.3 is 15.7 Å². The average Bonchev–Trinajstić information content (AvgIpc) is 2.43. The molecule has 6 heteroatoms. The highest BCUT2D eigenvalue weighted by Crippen LogP contribution is 2.22. The summed E-state index contributed by atoms with van der Waals surface area (Å²) in [7, 11) is 0. The first-order valence-corrected chi connectivity index (χ1v) is 9.30. The van der Waals surface area contributed by atoms with Gasteiger partial charge in [0.25, 0.3) is 0 Å². The molecule has 6 nitrogen and oxygen atoms in total. The number of aliphatic carboxylic acids is 1. The third kappa shape index (κ3) is 14.5. The van der Waals surface area contributed by atoms with Gasteiger partial charge in [-0.05, 0) is 24.2 Å². The zero-order valence-electron chi connectivity index (χ0n) is 16.5. The quantitative estimate of drug-likeness (QED) is 0.468. The van der Waals surface area contributed by atoms with Crippen LogP contribution >= 0.6 is 0 Å². The average molecular weight is 357 g/mol. The Morgan fingerprint density at radius 3 is 2.04 bits per heavy atom. The lowest BCUT2D eigenvalue weighted by Crippen LogP contribution is -2.44. The normalized spacial score (nSPS) is 12.7. The van der Waals surface area contributed by atoms with E-state index in [-0.39, 0.29) is 30.6 Å². The molecule has 0 heterocycles. The number of hydrogen-bond donors (Lipinski definition) is 3. The Morgan fingerprint density at radius 2 is 1.52 bits per heavy atom. The molecular weight excluding hydrogens is 320 g/mol. The zero-order chi connectivity index (χ0) is 19.5. The van der Waals surface area contributed by atoms with Gasteiger partial charge in [-0.1, -0.05) is 53.9 Å². The molecule has 3 N–H and O–H groups in total. The van der Waals surface area contributed by atoms with Gasteiger partial charge in [-0.3, -0.25) is 9.59 Å². The first-order valence-electron chi connectivity index (χ1n) is 9.30. The highest BCUT2D eigenvalue weighted by molar-refractivity contribution is 5.88. The van der Waals surface area contributed by atoms with Crippen molar-refractivity contribution in [1.82, 2.24) is 10.6 Å². The Labute approximate surface area is 152 Å². The van der Waals surface area contributed by atoms with Crippen LogP contribution in [0, 0.1) is 11.3 Å². The molecule has 25 heavy (non-hydrogen) atoms. The monoisotopic (exact) mass is 356 g/mol. The number of rotatable bonds is 12. The van der Waals surface area contributed by atoms with Crippen LogP contribution in [0.15, 0.2) is 0 Å². The van der Waals surface area contributed by atoms with Gasteiger partial charge >= 0.3 is 5.97 Å². The maximum atomic E-state index is 11.9. The van der Waals surface area contributed by atoms with E-state index in [0.29, 0.717) is 12.0 Å². The number of carboxylic acids is 1. The lowest BCUT2D eigenvalue weighted by molar-refractivity contribution is -0.143. The van der Waals surface area contributed by atoms with Gasteiger partial charge in [0.2, 0.25) is 11.8 Å². The number of carbonyl (C=O) groups excluding carboxylic acids is 2. The van der Waals surface area contributed by atoms with Crippen molar-refractivity contribution in [1.29, 1.82) is 0 Å². The summed E-state index contributed by atoms with van der Waals surface area (Å²) >= 11 is 0. The standard InChI is InChI=1S/C19H36N2O4/c1-14(2)12-17(23)21-15(18(24)25)13-16(22)20-11-9-7-6-8-10-19(3,4)5/h14-15H,6-13H2,1-5H3,(H,20,22)(H,21,23)(H,24,25)/t15-/m1/s1. The van der Waals surface area contributed by atoms with Crippen LogP contribution in [0.25, 0.3) is 0 Å². The summed E-state index contributed by atoms with van der Waals surface area (Å²) in [6, 6.07) is -1.17. The van der Waals surface area contributed by atoms with Crippen LogP contribution in [0.4, 0.5) is 0 Å². The molecule has 0 aromatic heterocycles. The van der Waals surface area contributed by atoms with Gasteiger partial charge in [-0.2, -0.15) is 0 Å². The predicted octanol–water partition coefficient (Wildman–Crippen LogP) is 3.10. The summed E-state index contributed by atoms with van der Waals surface area (Å²) in [6.45, 7) is 11.0. The topological polar surface area (TPSA) is 95.5 Å². The molecule has 0 spiro atoms. The lowest BCUT2D eigenvalue weighted by Gasteiger charge is -2.17. The van der Waals surface area contributed by atoms with Crippen molar-refractivity contribution in [3.8, 4) is 0 Å². The zero-order valence-corrected chi connectivity index (χ0v) is 16.5. The van der Waals surface area contributed by atoms with E-state index in [2.05, 4.69) is 31.4 Å². The van der Waals surface area contributed by atoms with E-state index in [1.54, 1.807) is 0 Å². The van der Waals surface area contributed by atoms with Gasteiger partial charge in [0, 0.05) is 13.0 Å². The maximum absolute atomic E-state index is 11.9. The van der Waals surface area contributed by atoms with E-state index < -0.39 is 12.0 Å². The minimum Gasteiger partial charge on any atom is -0.480 e. The minimum atomic E-state index is -1.19. The van der Waals surface area contributed by atoms with Crippen LogP contribution < -0.4 is 10.6 Å². The van der Waals surface area contributed by atoms with Crippen molar-refractivity contribution in [2.45, 2.75) is 85.6 Å². The van der Waals surface area contributed by atoms with Crippen molar-refractivity contribution in [2.24, 2.45) is 11.3 Å². The number of nitrogens with one attached hydrogen (secondary N) is 2. The number of hydrogen-bond acceptors (Lipinski definition) is 3. The fourth-order valence-electron chi connectivity index (χ4n) is 2.44. The third-order valence-corrected chi connectivity index (χ3v) is 3.79. The largest absolute Gasteiger partial charge is 0.480 e. The van der Waals surface area contributed by atoms with E-state index in [4.69, 9.17) is 5.11 Å². The molecule has 0 bridgehead atoms. The summed E-state index contributed by atoms with van der Waals surface area (Å²) in [5, 5.41) is 14.3. The molecule has 0 aliphatic carbocycles. The fraction of sp³-hybridized carbons (Fsp3) is 0.842. The molecule has 0 saturated heterocycles. The SMILES string of the molecule is CC(C)CC(=O)N[C@H](CC(=O)NCCCCCCC(C)(C)C)C(=O)O. The Hall–Kier alpha value is -1.59. The first kappa shape index (κ1) is 23.4. The highest BCUT2D eigenvalue weighted by atomic mass is 16.4. The number of amides is 2. The molecule has 0 saturated carbocycles. The Bertz CT molecular complexity index is 428. The second kappa shape index (κ2) is 11.9. The number of carbonyl (C=O) groups is 3. The second-order valence-electron chi connectivity index (χ2n) is 8.34. The lowest BCUT2D eigenvalue weighted by atomic mass is 9.89. The predicted molar refractivity (Wildman–Crippen MR) is 99.2 cm³/mol. The van der Waals surface area contributed by atoms with Crippen LogP contribution in [0.1, 0.15) is 79.6 Å². The van der Waals surface area contributed by atoms with E-state index in [1.165, 1.54) is 12.8 Å². The summed E-state index contributed by atoms with van der Waals surface area (Å²) < 4.78 is 0. The van der Waals surface area contributed by atoms with E-state index in [1.807, 2.05) is 13.8 Å². The molecule has 0 aliphatic heterocycles. The van der Waals surface area contributed by atoms with Crippen molar-refractivity contribution in [2.75, 3.05) is 6.54 Å². The van der Waals surface area contributed by atoms with Crippen LogP contribution in [0.5, 0.6) is 0 Å². The number of carboxylic acid groups (broad SMARTS) is 1. The third-order valence-electron chi connectivity index (χ3n) is 3.79. The highest BCUT2D eigenvalue weighted by Gasteiger charge is 2.23. The molecule has 1 atom stereocenters. The van der Waals surface area contributed by atoms with Gasteiger partial charge in [0.15, 0.2) is 0 Å². The molecule has 0 rings (SSSR count). The van der Waals surface area contributed by atoms with Crippen LogP contribution in [-0.2, 0) is 14.4 Å². The smallest absolute Gasteiger partial charge is 0.326 e. The van der Waals surface area contributed by atoms with Crippen molar-refractivity contribution in [3.63, 3.8) is 0 Å². The van der Waals surface area contributed by atoms with Crippen LogP contribution in [0.2, 0.25) is 0 Å².